The molecule has 0 aromatic heterocycles. The van der Waals surface area contributed by atoms with Crippen LogP contribution in [-0.4, -0.2) is 19.1 Å². The Morgan fingerprint density at radius 2 is 2.19 bits per heavy atom. The van der Waals surface area contributed by atoms with Crippen LogP contribution in [0.15, 0.2) is 40.9 Å². The highest BCUT2D eigenvalue weighted by Gasteiger charge is 2.22. The normalized spacial score (nSPS) is 15.7. The van der Waals surface area contributed by atoms with Crippen molar-refractivity contribution in [2.24, 2.45) is 0 Å². The summed E-state index contributed by atoms with van der Waals surface area (Å²) in [5, 5.41) is 3.77. The van der Waals surface area contributed by atoms with Crippen LogP contribution in [0.5, 0.6) is 11.5 Å². The van der Waals surface area contributed by atoms with E-state index in [0.717, 1.165) is 33.5 Å². The quantitative estimate of drug-likeness (QED) is 0.630. The predicted molar refractivity (Wildman–Crippen MR) is 106 cm³/mol. The Bertz CT molecular complexity index is 797. The van der Waals surface area contributed by atoms with Gasteiger partial charge in [0.2, 0.25) is 5.91 Å². The van der Waals surface area contributed by atoms with Crippen molar-refractivity contribution < 1.29 is 14.3 Å². The van der Waals surface area contributed by atoms with Crippen LogP contribution >= 0.6 is 27.5 Å². The molecule has 0 saturated carbocycles. The summed E-state index contributed by atoms with van der Waals surface area (Å²) in [6.07, 6.45) is 1.85. The molecular formula is C20H21BrClNO3. The number of hydrogen-bond donors (Lipinski definition) is 1. The van der Waals surface area contributed by atoms with E-state index in [-0.39, 0.29) is 11.9 Å². The Labute approximate surface area is 167 Å². The molecule has 0 bridgehead atoms. The van der Waals surface area contributed by atoms with Gasteiger partial charge in [-0.25, -0.2) is 0 Å². The zero-order valence-corrected chi connectivity index (χ0v) is 16.9. The number of amides is 1. The third kappa shape index (κ3) is 4.92. The van der Waals surface area contributed by atoms with E-state index >= 15 is 0 Å². The maximum absolute atomic E-state index is 12.3. The molecule has 1 unspecified atom stereocenters. The summed E-state index contributed by atoms with van der Waals surface area (Å²) in [6, 6.07) is 11.5. The van der Waals surface area contributed by atoms with Crippen molar-refractivity contribution in [1.82, 2.24) is 5.32 Å². The second kappa shape index (κ2) is 8.78. The average Bonchev–Trinajstić information content (AvgIpc) is 2.61. The smallest absolute Gasteiger partial charge is 0.220 e. The van der Waals surface area contributed by atoms with Gasteiger partial charge in [-0.2, -0.15) is 0 Å². The minimum atomic E-state index is 0.0116. The molecule has 26 heavy (non-hydrogen) atoms. The van der Waals surface area contributed by atoms with Crippen LogP contribution in [-0.2, 0) is 4.79 Å². The topological polar surface area (TPSA) is 47.6 Å². The first-order valence-electron chi connectivity index (χ1n) is 8.63. The Morgan fingerprint density at radius 1 is 1.35 bits per heavy atom. The number of fused-ring (bicyclic) bond motifs is 1. The first kappa shape index (κ1) is 19.1. The zero-order chi connectivity index (χ0) is 18.5. The van der Waals surface area contributed by atoms with Gasteiger partial charge in [0.1, 0.15) is 11.5 Å². The maximum atomic E-state index is 12.3. The minimum Gasteiger partial charge on any atom is -0.493 e. The lowest BCUT2D eigenvalue weighted by molar-refractivity contribution is -0.122. The molecule has 0 aliphatic carbocycles. The van der Waals surface area contributed by atoms with E-state index in [1.54, 1.807) is 12.1 Å². The molecule has 1 aliphatic rings. The minimum absolute atomic E-state index is 0.0116. The van der Waals surface area contributed by atoms with E-state index < -0.39 is 0 Å². The summed E-state index contributed by atoms with van der Waals surface area (Å²) in [6.45, 7) is 3.13. The molecule has 1 aliphatic heterocycles. The summed E-state index contributed by atoms with van der Waals surface area (Å²) in [4.78, 5) is 12.3. The number of rotatable bonds is 6. The van der Waals surface area contributed by atoms with E-state index in [4.69, 9.17) is 21.1 Å². The number of nitrogens with one attached hydrogen (secondary N) is 1. The highest BCUT2D eigenvalue weighted by Crippen LogP contribution is 2.32. The Hall–Kier alpha value is -1.72. The molecule has 1 heterocycles. The molecule has 4 nitrogen and oxygen atoms in total. The van der Waals surface area contributed by atoms with Crippen LogP contribution in [0.2, 0.25) is 5.02 Å². The fourth-order valence-corrected chi connectivity index (χ4v) is 3.73. The monoisotopic (exact) mass is 437 g/mol. The van der Waals surface area contributed by atoms with Gasteiger partial charge in [-0.3, -0.25) is 4.79 Å². The third-order valence-corrected chi connectivity index (χ3v) is 5.09. The van der Waals surface area contributed by atoms with E-state index in [2.05, 4.69) is 27.3 Å². The Morgan fingerprint density at radius 3 is 3.00 bits per heavy atom. The number of ether oxygens (including phenoxy) is 2. The molecule has 1 N–H and O–H groups in total. The van der Waals surface area contributed by atoms with Crippen molar-refractivity contribution in [3.63, 3.8) is 0 Å². The second-order valence-corrected chi connectivity index (χ2v) is 7.62. The van der Waals surface area contributed by atoms with Crippen LogP contribution in [0.4, 0.5) is 0 Å². The molecule has 1 amide bonds. The molecule has 0 radical (unpaired) electrons. The van der Waals surface area contributed by atoms with Gasteiger partial charge in [0, 0.05) is 23.4 Å². The van der Waals surface area contributed by atoms with Crippen molar-refractivity contribution in [2.75, 3.05) is 13.2 Å². The zero-order valence-electron chi connectivity index (χ0n) is 14.6. The van der Waals surface area contributed by atoms with Gasteiger partial charge in [0.05, 0.1) is 23.7 Å². The fraction of sp³-hybridized carbons (Fsp3) is 0.350. The number of carbonyl (C=O) groups excluding carboxylic acids is 1. The van der Waals surface area contributed by atoms with Gasteiger partial charge in [0.25, 0.3) is 0 Å². The van der Waals surface area contributed by atoms with Crippen LogP contribution < -0.4 is 14.8 Å². The maximum Gasteiger partial charge on any atom is 0.220 e. The van der Waals surface area contributed by atoms with E-state index in [9.17, 15) is 4.79 Å². The highest BCUT2D eigenvalue weighted by atomic mass is 79.9. The van der Waals surface area contributed by atoms with Crippen molar-refractivity contribution in [1.29, 1.82) is 0 Å². The lowest BCUT2D eigenvalue weighted by Crippen LogP contribution is -2.32. The fourth-order valence-electron chi connectivity index (χ4n) is 2.94. The third-order valence-electron chi connectivity index (χ3n) is 4.24. The summed E-state index contributed by atoms with van der Waals surface area (Å²) in [5.74, 6) is 1.62. The van der Waals surface area contributed by atoms with Crippen LogP contribution in [0, 0.1) is 6.92 Å². The lowest BCUT2D eigenvalue weighted by atomic mass is 9.98. The summed E-state index contributed by atoms with van der Waals surface area (Å²) < 4.78 is 12.2. The molecule has 138 valence electrons. The lowest BCUT2D eigenvalue weighted by Gasteiger charge is -2.27. The van der Waals surface area contributed by atoms with Crippen molar-refractivity contribution in [2.45, 2.75) is 32.2 Å². The number of halogens is 2. The van der Waals surface area contributed by atoms with E-state index in [0.29, 0.717) is 31.1 Å². The van der Waals surface area contributed by atoms with Gasteiger partial charge in [-0.05, 0) is 53.5 Å². The SMILES string of the molecule is Cc1ccc2c(c1)C(NC(=O)CCCOc1ccc(Cl)cc1Br)CCO2. The number of hydrogen-bond acceptors (Lipinski definition) is 3. The Balaban J connectivity index is 1.47. The van der Waals surface area contributed by atoms with Gasteiger partial charge < -0.3 is 14.8 Å². The van der Waals surface area contributed by atoms with E-state index in [1.165, 1.54) is 0 Å². The molecule has 1 atom stereocenters. The molecule has 3 rings (SSSR count). The molecule has 0 fully saturated rings. The number of carbonyl (C=O) groups is 1. The largest absolute Gasteiger partial charge is 0.493 e. The number of benzene rings is 2. The summed E-state index contributed by atoms with van der Waals surface area (Å²) in [5.41, 5.74) is 2.22. The van der Waals surface area contributed by atoms with Crippen LogP contribution in [0.1, 0.15) is 36.4 Å². The molecule has 2 aromatic rings. The van der Waals surface area contributed by atoms with Crippen molar-refractivity contribution in [3.05, 3.63) is 57.0 Å². The average molecular weight is 439 g/mol. The number of aryl methyl sites for hydroxylation is 1. The predicted octanol–water partition coefficient (Wildman–Crippen LogP) is 5.21. The van der Waals surface area contributed by atoms with Crippen LogP contribution in [0.3, 0.4) is 0 Å². The van der Waals surface area contributed by atoms with E-state index in [1.807, 2.05) is 25.1 Å². The first-order valence-corrected chi connectivity index (χ1v) is 9.80. The first-order chi connectivity index (χ1) is 12.5. The van der Waals surface area contributed by atoms with Gasteiger partial charge in [-0.1, -0.05) is 29.3 Å². The second-order valence-electron chi connectivity index (χ2n) is 6.33. The van der Waals surface area contributed by atoms with Crippen molar-refractivity contribution in [3.8, 4) is 11.5 Å². The Kier molecular flexibility index (Phi) is 6.43. The molecule has 0 spiro atoms. The molecule has 2 aromatic carbocycles. The van der Waals surface area contributed by atoms with Crippen molar-refractivity contribution >= 4 is 33.4 Å². The highest BCUT2D eigenvalue weighted by molar-refractivity contribution is 9.10. The molecular weight excluding hydrogens is 418 g/mol. The summed E-state index contributed by atoms with van der Waals surface area (Å²) >= 11 is 9.33. The van der Waals surface area contributed by atoms with Gasteiger partial charge in [-0.15, -0.1) is 0 Å². The van der Waals surface area contributed by atoms with Crippen LogP contribution in [0.25, 0.3) is 0 Å². The molecule has 6 heteroatoms. The van der Waals surface area contributed by atoms with Gasteiger partial charge >= 0.3 is 0 Å². The summed E-state index contributed by atoms with van der Waals surface area (Å²) in [7, 11) is 0. The van der Waals surface area contributed by atoms with Gasteiger partial charge in [0.15, 0.2) is 0 Å². The standard InChI is InChI=1S/C20H21BrClNO3/c1-13-4-6-18-15(11-13)17(8-10-26-18)23-20(24)3-2-9-25-19-7-5-14(22)12-16(19)21/h4-7,11-12,17H,2-3,8-10H2,1H3,(H,23,24). The molecule has 0 saturated heterocycles.